The first-order valence-electron chi connectivity index (χ1n) is 9.72. The zero-order valence-electron chi connectivity index (χ0n) is 16.3. The van der Waals surface area contributed by atoms with Crippen molar-refractivity contribution in [3.8, 4) is 5.75 Å². The number of nitrogens with one attached hydrogen (secondary N) is 1. The lowest BCUT2D eigenvalue weighted by atomic mass is 10.0. The molecule has 0 radical (unpaired) electrons. The molecule has 2 amide bonds. The Morgan fingerprint density at radius 3 is 2.59 bits per heavy atom. The lowest BCUT2D eigenvalue weighted by Crippen LogP contribution is -2.47. The van der Waals surface area contributed by atoms with E-state index in [1.54, 1.807) is 23.1 Å². The zero-order chi connectivity index (χ0) is 20.8. The number of rotatable bonds is 6. The van der Waals surface area contributed by atoms with Crippen molar-refractivity contribution in [3.63, 3.8) is 0 Å². The lowest BCUT2D eigenvalue weighted by Gasteiger charge is -2.32. The SMILES string of the molecule is CCc1ccccc1OCC(=O)NC1CCN(C(=O)c2cc(Cl)ccc2Cl)CC1. The van der Waals surface area contributed by atoms with E-state index in [1.165, 1.54) is 0 Å². The summed E-state index contributed by atoms with van der Waals surface area (Å²) in [6.45, 7) is 3.13. The molecule has 0 atom stereocenters. The predicted molar refractivity (Wildman–Crippen MR) is 115 cm³/mol. The second kappa shape index (κ2) is 9.99. The third-order valence-electron chi connectivity index (χ3n) is 5.02. The summed E-state index contributed by atoms with van der Waals surface area (Å²) in [5, 5.41) is 3.86. The van der Waals surface area contributed by atoms with Crippen LogP contribution in [0.2, 0.25) is 10.0 Å². The topological polar surface area (TPSA) is 58.6 Å². The van der Waals surface area contributed by atoms with Gasteiger partial charge in [0.15, 0.2) is 6.61 Å². The Balaban J connectivity index is 1.47. The van der Waals surface area contributed by atoms with Gasteiger partial charge < -0.3 is 15.0 Å². The molecular weight excluding hydrogens is 411 g/mol. The second-order valence-electron chi connectivity index (χ2n) is 7.01. The number of nitrogens with zero attached hydrogens (tertiary/aromatic N) is 1. The molecule has 1 heterocycles. The lowest BCUT2D eigenvalue weighted by molar-refractivity contribution is -0.124. The number of benzene rings is 2. The molecule has 29 heavy (non-hydrogen) atoms. The Kier molecular flexibility index (Phi) is 7.40. The number of aryl methyl sites for hydroxylation is 1. The minimum Gasteiger partial charge on any atom is -0.483 e. The molecule has 2 aromatic carbocycles. The number of ether oxygens (including phenoxy) is 1. The van der Waals surface area contributed by atoms with Crippen molar-refractivity contribution >= 4 is 35.0 Å². The fourth-order valence-corrected chi connectivity index (χ4v) is 3.78. The fraction of sp³-hybridized carbons (Fsp3) is 0.364. The van der Waals surface area contributed by atoms with Crippen LogP contribution in [0.1, 0.15) is 35.7 Å². The molecule has 7 heteroatoms. The molecule has 0 aliphatic carbocycles. The molecule has 3 rings (SSSR count). The second-order valence-corrected chi connectivity index (χ2v) is 7.85. The Morgan fingerprint density at radius 2 is 1.86 bits per heavy atom. The highest BCUT2D eigenvalue weighted by Gasteiger charge is 2.26. The maximum atomic E-state index is 12.7. The predicted octanol–water partition coefficient (Wildman–Crippen LogP) is 4.36. The van der Waals surface area contributed by atoms with Gasteiger partial charge in [0.1, 0.15) is 5.75 Å². The summed E-state index contributed by atoms with van der Waals surface area (Å²) in [6.07, 6.45) is 2.21. The van der Waals surface area contributed by atoms with E-state index in [4.69, 9.17) is 27.9 Å². The number of hydrogen-bond donors (Lipinski definition) is 1. The molecule has 0 aromatic heterocycles. The van der Waals surface area contributed by atoms with Crippen molar-refractivity contribution in [1.29, 1.82) is 0 Å². The number of carbonyl (C=O) groups excluding carboxylic acids is 2. The van der Waals surface area contributed by atoms with Gasteiger partial charge in [0.05, 0.1) is 10.6 Å². The standard InChI is InChI=1S/C22H24Cl2N2O3/c1-2-15-5-3-4-6-20(15)29-14-21(27)25-17-9-11-26(12-10-17)22(28)18-13-16(23)7-8-19(18)24/h3-8,13,17H,2,9-12,14H2,1H3,(H,25,27). The van der Waals surface area contributed by atoms with Gasteiger partial charge in [0.25, 0.3) is 11.8 Å². The Hall–Kier alpha value is -2.24. The summed E-state index contributed by atoms with van der Waals surface area (Å²) >= 11 is 12.1. The molecule has 0 bridgehead atoms. The van der Waals surface area contributed by atoms with Crippen LogP contribution in [-0.4, -0.2) is 42.5 Å². The third kappa shape index (κ3) is 5.64. The average molecular weight is 435 g/mol. The summed E-state index contributed by atoms with van der Waals surface area (Å²) in [6, 6.07) is 12.6. The van der Waals surface area contributed by atoms with Gasteiger partial charge >= 0.3 is 0 Å². The molecular formula is C22H24Cl2N2O3. The first kappa shape index (κ1) is 21.5. The maximum Gasteiger partial charge on any atom is 0.258 e. The van der Waals surface area contributed by atoms with Gasteiger partial charge in [-0.05, 0) is 49.1 Å². The molecule has 0 unspecified atom stereocenters. The Morgan fingerprint density at radius 1 is 1.14 bits per heavy atom. The molecule has 1 fully saturated rings. The minimum absolute atomic E-state index is 0.0196. The molecule has 0 saturated carbocycles. The molecule has 0 spiro atoms. The number of piperidine rings is 1. The van der Waals surface area contributed by atoms with Gasteiger partial charge in [-0.25, -0.2) is 0 Å². The summed E-state index contributed by atoms with van der Waals surface area (Å²) in [5.74, 6) is 0.448. The van der Waals surface area contributed by atoms with Gasteiger partial charge in [-0.15, -0.1) is 0 Å². The molecule has 154 valence electrons. The molecule has 1 aliphatic rings. The van der Waals surface area contributed by atoms with Crippen LogP contribution >= 0.6 is 23.2 Å². The smallest absolute Gasteiger partial charge is 0.258 e. The van der Waals surface area contributed by atoms with Crippen molar-refractivity contribution in [1.82, 2.24) is 10.2 Å². The molecule has 1 saturated heterocycles. The third-order valence-corrected chi connectivity index (χ3v) is 5.58. The van der Waals surface area contributed by atoms with E-state index in [0.717, 1.165) is 17.7 Å². The molecule has 1 aliphatic heterocycles. The van der Waals surface area contributed by atoms with Crippen LogP contribution < -0.4 is 10.1 Å². The van der Waals surface area contributed by atoms with Gasteiger partial charge in [-0.2, -0.15) is 0 Å². The van der Waals surface area contributed by atoms with Gasteiger partial charge in [0.2, 0.25) is 0 Å². The van der Waals surface area contributed by atoms with Gasteiger partial charge in [-0.1, -0.05) is 48.3 Å². The Labute approximate surface area is 180 Å². The van der Waals surface area contributed by atoms with Crippen LogP contribution in [0.5, 0.6) is 5.75 Å². The molecule has 2 aromatic rings. The highest BCUT2D eigenvalue weighted by Crippen LogP contribution is 2.24. The van der Waals surface area contributed by atoms with Gasteiger partial charge in [0, 0.05) is 24.2 Å². The van der Waals surface area contributed by atoms with Crippen molar-refractivity contribution in [3.05, 3.63) is 63.6 Å². The summed E-state index contributed by atoms with van der Waals surface area (Å²) in [4.78, 5) is 26.7. The van der Waals surface area contributed by atoms with Gasteiger partial charge in [-0.3, -0.25) is 9.59 Å². The number of likely N-dealkylation sites (tertiary alicyclic amines) is 1. The maximum absolute atomic E-state index is 12.7. The van der Waals surface area contributed by atoms with Crippen molar-refractivity contribution in [2.75, 3.05) is 19.7 Å². The number of para-hydroxylation sites is 1. The molecule has 1 N–H and O–H groups in total. The molecule has 5 nitrogen and oxygen atoms in total. The van der Waals surface area contributed by atoms with E-state index in [0.29, 0.717) is 41.5 Å². The van der Waals surface area contributed by atoms with Crippen LogP contribution in [0, 0.1) is 0 Å². The van der Waals surface area contributed by atoms with Crippen LogP contribution in [0.25, 0.3) is 0 Å². The van der Waals surface area contributed by atoms with Crippen molar-refractivity contribution in [2.45, 2.75) is 32.2 Å². The van der Waals surface area contributed by atoms with E-state index in [2.05, 4.69) is 5.32 Å². The normalized spacial score (nSPS) is 14.5. The summed E-state index contributed by atoms with van der Waals surface area (Å²) < 4.78 is 5.67. The largest absolute Gasteiger partial charge is 0.483 e. The van der Waals surface area contributed by atoms with E-state index in [9.17, 15) is 9.59 Å². The fourth-order valence-electron chi connectivity index (χ4n) is 3.41. The zero-order valence-corrected chi connectivity index (χ0v) is 17.8. The highest BCUT2D eigenvalue weighted by molar-refractivity contribution is 6.35. The van der Waals surface area contributed by atoms with Crippen molar-refractivity contribution in [2.24, 2.45) is 0 Å². The van der Waals surface area contributed by atoms with E-state index in [1.807, 2.05) is 31.2 Å². The van der Waals surface area contributed by atoms with E-state index >= 15 is 0 Å². The summed E-state index contributed by atoms with van der Waals surface area (Å²) in [7, 11) is 0. The van der Waals surface area contributed by atoms with Crippen molar-refractivity contribution < 1.29 is 14.3 Å². The van der Waals surface area contributed by atoms with Crippen LogP contribution in [0.3, 0.4) is 0 Å². The number of carbonyl (C=O) groups is 2. The highest BCUT2D eigenvalue weighted by atomic mass is 35.5. The first-order chi connectivity index (χ1) is 14.0. The van der Waals surface area contributed by atoms with E-state index < -0.39 is 0 Å². The van der Waals surface area contributed by atoms with Crippen LogP contribution in [0.15, 0.2) is 42.5 Å². The summed E-state index contributed by atoms with van der Waals surface area (Å²) in [5.41, 5.74) is 1.48. The average Bonchev–Trinajstić information content (AvgIpc) is 2.74. The van der Waals surface area contributed by atoms with Crippen LogP contribution in [0.4, 0.5) is 0 Å². The number of hydrogen-bond acceptors (Lipinski definition) is 3. The number of halogens is 2. The minimum atomic E-state index is -0.154. The number of amides is 2. The van der Waals surface area contributed by atoms with Crippen LogP contribution in [-0.2, 0) is 11.2 Å². The Bertz CT molecular complexity index is 880. The quantitative estimate of drug-likeness (QED) is 0.734. The van der Waals surface area contributed by atoms with E-state index in [-0.39, 0.29) is 24.5 Å². The first-order valence-corrected chi connectivity index (χ1v) is 10.5. The monoisotopic (exact) mass is 434 g/mol.